The van der Waals surface area contributed by atoms with Gasteiger partial charge in [0, 0.05) is 18.8 Å². The van der Waals surface area contributed by atoms with Crippen LogP contribution in [0.2, 0.25) is 0 Å². The lowest BCUT2D eigenvalue weighted by Gasteiger charge is -2.15. The van der Waals surface area contributed by atoms with Gasteiger partial charge in [-0.05, 0) is 37.5 Å². The average Bonchev–Trinajstić information content (AvgIpc) is 3.24. The van der Waals surface area contributed by atoms with Crippen LogP contribution in [0.1, 0.15) is 31.8 Å². The average molecular weight is 336 g/mol. The standard InChI is InChI=1S/C17H19F3N4/c1-10(2)8-12-9-24(12)15-5-4-13(23-16(15)17(18,19)20)14-6-7-21-11(3)22-14/h4-7,10,12H,8-9H2,1-3H3. The molecule has 1 atom stereocenters. The third-order valence-electron chi connectivity index (χ3n) is 3.95. The summed E-state index contributed by atoms with van der Waals surface area (Å²) in [7, 11) is 0. The zero-order chi connectivity index (χ0) is 17.5. The predicted octanol–water partition coefficient (Wildman–Crippen LogP) is 4.10. The number of hydrogen-bond acceptors (Lipinski definition) is 4. The molecule has 1 unspecified atom stereocenters. The minimum atomic E-state index is -4.50. The number of pyridine rings is 1. The fraction of sp³-hybridized carbons (Fsp3) is 0.471. The van der Waals surface area contributed by atoms with Crippen LogP contribution in [0.4, 0.5) is 18.9 Å². The van der Waals surface area contributed by atoms with Gasteiger partial charge in [0.25, 0.3) is 0 Å². The summed E-state index contributed by atoms with van der Waals surface area (Å²) in [5.74, 6) is 0.945. The van der Waals surface area contributed by atoms with Crippen molar-refractivity contribution in [1.29, 1.82) is 0 Å². The molecule has 128 valence electrons. The van der Waals surface area contributed by atoms with Crippen LogP contribution in [0.3, 0.4) is 0 Å². The van der Waals surface area contributed by atoms with E-state index in [4.69, 9.17) is 0 Å². The van der Waals surface area contributed by atoms with Crippen molar-refractivity contribution in [1.82, 2.24) is 15.0 Å². The van der Waals surface area contributed by atoms with Gasteiger partial charge in [-0.15, -0.1) is 0 Å². The third-order valence-corrected chi connectivity index (χ3v) is 3.95. The summed E-state index contributed by atoms with van der Waals surface area (Å²) in [5, 5.41) is 0. The number of halogens is 3. The maximum atomic E-state index is 13.5. The van der Waals surface area contributed by atoms with Crippen LogP contribution in [-0.4, -0.2) is 27.5 Å². The number of hydrogen-bond donors (Lipinski definition) is 0. The largest absolute Gasteiger partial charge is 0.435 e. The van der Waals surface area contributed by atoms with Crippen LogP contribution in [0.5, 0.6) is 0 Å². The van der Waals surface area contributed by atoms with E-state index in [0.29, 0.717) is 24.0 Å². The molecule has 0 spiro atoms. The first-order valence-corrected chi connectivity index (χ1v) is 7.90. The van der Waals surface area contributed by atoms with Crippen molar-refractivity contribution in [2.75, 3.05) is 11.4 Å². The molecule has 0 aromatic carbocycles. The first-order valence-electron chi connectivity index (χ1n) is 7.90. The Hall–Kier alpha value is -2.18. The molecule has 1 saturated heterocycles. The van der Waals surface area contributed by atoms with Crippen LogP contribution in [0.25, 0.3) is 11.4 Å². The Morgan fingerprint density at radius 1 is 1.17 bits per heavy atom. The van der Waals surface area contributed by atoms with E-state index in [1.54, 1.807) is 24.0 Å². The fourth-order valence-electron chi connectivity index (χ4n) is 2.85. The van der Waals surface area contributed by atoms with Crippen molar-refractivity contribution in [3.8, 4) is 11.4 Å². The molecule has 2 aromatic rings. The van der Waals surface area contributed by atoms with Crippen LogP contribution < -0.4 is 4.90 Å². The van der Waals surface area contributed by atoms with Crippen molar-refractivity contribution in [3.05, 3.63) is 35.9 Å². The van der Waals surface area contributed by atoms with Gasteiger partial charge in [-0.25, -0.2) is 15.0 Å². The lowest BCUT2D eigenvalue weighted by molar-refractivity contribution is -0.140. The van der Waals surface area contributed by atoms with E-state index in [1.165, 1.54) is 12.3 Å². The molecule has 24 heavy (non-hydrogen) atoms. The maximum absolute atomic E-state index is 13.5. The molecular weight excluding hydrogens is 317 g/mol. The highest BCUT2D eigenvalue weighted by Crippen LogP contribution is 2.41. The first-order chi connectivity index (χ1) is 11.3. The second-order valence-corrected chi connectivity index (χ2v) is 6.49. The molecule has 0 saturated carbocycles. The van der Waals surface area contributed by atoms with Gasteiger partial charge in [0.2, 0.25) is 0 Å². The van der Waals surface area contributed by atoms with E-state index in [2.05, 4.69) is 28.8 Å². The lowest BCUT2D eigenvalue weighted by atomic mass is 10.1. The number of alkyl halides is 3. The molecule has 0 radical (unpaired) electrons. The van der Waals surface area contributed by atoms with Crippen molar-refractivity contribution in [2.24, 2.45) is 5.92 Å². The van der Waals surface area contributed by atoms with Gasteiger partial charge in [0.15, 0.2) is 5.69 Å². The Balaban J connectivity index is 1.97. The molecular formula is C17H19F3N4. The van der Waals surface area contributed by atoms with Crippen LogP contribution >= 0.6 is 0 Å². The quantitative estimate of drug-likeness (QED) is 0.788. The number of nitrogens with zero attached hydrogens (tertiary/aromatic N) is 4. The Morgan fingerprint density at radius 3 is 2.50 bits per heavy atom. The number of aromatic nitrogens is 3. The van der Waals surface area contributed by atoms with Crippen molar-refractivity contribution in [2.45, 2.75) is 39.4 Å². The summed E-state index contributed by atoms with van der Waals surface area (Å²) >= 11 is 0. The van der Waals surface area contributed by atoms with Crippen LogP contribution in [0.15, 0.2) is 24.4 Å². The third kappa shape index (κ3) is 3.49. The fourth-order valence-corrected chi connectivity index (χ4v) is 2.85. The molecule has 7 heteroatoms. The van der Waals surface area contributed by atoms with Crippen molar-refractivity contribution in [3.63, 3.8) is 0 Å². The zero-order valence-electron chi connectivity index (χ0n) is 13.8. The molecule has 2 aromatic heterocycles. The molecule has 0 bridgehead atoms. The van der Waals surface area contributed by atoms with Crippen molar-refractivity contribution >= 4 is 5.69 Å². The number of anilines is 1. The van der Waals surface area contributed by atoms with E-state index in [9.17, 15) is 13.2 Å². The smallest absolute Gasteiger partial charge is 0.363 e. The summed E-state index contributed by atoms with van der Waals surface area (Å²) in [6.07, 6.45) is -2.11. The monoisotopic (exact) mass is 336 g/mol. The molecule has 0 N–H and O–H groups in total. The highest BCUT2D eigenvalue weighted by atomic mass is 19.4. The highest BCUT2D eigenvalue weighted by molar-refractivity contribution is 5.64. The first kappa shape index (κ1) is 16.7. The van der Waals surface area contributed by atoms with Gasteiger partial charge in [-0.3, -0.25) is 0 Å². The van der Waals surface area contributed by atoms with E-state index in [-0.39, 0.29) is 17.4 Å². The molecule has 0 aliphatic carbocycles. The number of aryl methyl sites for hydroxylation is 1. The van der Waals surface area contributed by atoms with Gasteiger partial charge in [-0.2, -0.15) is 13.2 Å². The summed E-state index contributed by atoms with van der Waals surface area (Å²) < 4.78 is 40.4. The summed E-state index contributed by atoms with van der Waals surface area (Å²) in [5.41, 5.74) is -0.0897. The topological polar surface area (TPSA) is 41.7 Å². The van der Waals surface area contributed by atoms with Crippen LogP contribution in [0, 0.1) is 12.8 Å². The molecule has 1 aliphatic rings. The van der Waals surface area contributed by atoms with Gasteiger partial charge < -0.3 is 4.90 Å². The second-order valence-electron chi connectivity index (χ2n) is 6.49. The molecule has 3 rings (SSSR count). The van der Waals surface area contributed by atoms with Crippen LogP contribution in [-0.2, 0) is 6.18 Å². The van der Waals surface area contributed by atoms with E-state index in [1.807, 2.05) is 0 Å². The maximum Gasteiger partial charge on any atom is 0.435 e. The van der Waals surface area contributed by atoms with E-state index >= 15 is 0 Å². The highest BCUT2D eigenvalue weighted by Gasteiger charge is 2.43. The molecule has 1 aliphatic heterocycles. The molecule has 1 fully saturated rings. The Morgan fingerprint density at radius 2 is 1.88 bits per heavy atom. The minimum Gasteiger partial charge on any atom is -0.363 e. The summed E-state index contributed by atoms with van der Waals surface area (Å²) in [6, 6.07) is 4.83. The Kier molecular flexibility index (Phi) is 4.19. The normalized spacial score (nSPS) is 17.5. The molecule has 3 heterocycles. The molecule has 4 nitrogen and oxygen atoms in total. The summed E-state index contributed by atoms with van der Waals surface area (Å²) in [4.78, 5) is 13.8. The van der Waals surface area contributed by atoms with Gasteiger partial charge in [-0.1, -0.05) is 13.8 Å². The van der Waals surface area contributed by atoms with Gasteiger partial charge >= 0.3 is 6.18 Å². The lowest BCUT2D eigenvalue weighted by Crippen LogP contribution is -2.14. The second kappa shape index (κ2) is 6.03. The Bertz CT molecular complexity index is 743. The Labute approximate surface area is 138 Å². The minimum absolute atomic E-state index is 0.155. The predicted molar refractivity (Wildman–Crippen MR) is 85.6 cm³/mol. The zero-order valence-corrected chi connectivity index (χ0v) is 13.8. The van der Waals surface area contributed by atoms with Gasteiger partial charge in [0.1, 0.15) is 5.82 Å². The van der Waals surface area contributed by atoms with E-state index < -0.39 is 11.9 Å². The van der Waals surface area contributed by atoms with E-state index in [0.717, 1.165) is 6.42 Å². The molecule has 0 amide bonds. The van der Waals surface area contributed by atoms with Crippen molar-refractivity contribution < 1.29 is 13.2 Å². The van der Waals surface area contributed by atoms with Gasteiger partial charge in [0.05, 0.1) is 17.1 Å². The summed E-state index contributed by atoms with van der Waals surface area (Å²) in [6.45, 7) is 6.48. The SMILES string of the molecule is Cc1nccc(-c2ccc(N3CC3CC(C)C)c(C(F)(F)F)n2)n1. The number of rotatable bonds is 4.